The Morgan fingerprint density at radius 1 is 1.42 bits per heavy atom. The fourth-order valence-corrected chi connectivity index (χ4v) is 2.03. The molecule has 1 aliphatic rings. The summed E-state index contributed by atoms with van der Waals surface area (Å²) in [4.78, 5) is 2.42. The summed E-state index contributed by atoms with van der Waals surface area (Å²) < 4.78 is 0. The van der Waals surface area contributed by atoms with E-state index >= 15 is 0 Å². The van der Waals surface area contributed by atoms with Gasteiger partial charge >= 0.3 is 0 Å². The van der Waals surface area contributed by atoms with Crippen molar-refractivity contribution in [2.75, 3.05) is 20.1 Å². The van der Waals surface area contributed by atoms with E-state index in [-0.39, 0.29) is 0 Å². The van der Waals surface area contributed by atoms with Crippen molar-refractivity contribution in [2.45, 2.75) is 39.3 Å². The molecule has 1 N–H and O–H groups in total. The largest absolute Gasteiger partial charge is 0.311 e. The molecule has 2 atom stereocenters. The lowest BCUT2D eigenvalue weighted by Crippen LogP contribution is -2.48. The molecule has 0 saturated carbocycles. The number of piperidine rings is 1. The van der Waals surface area contributed by atoms with Gasteiger partial charge in [0.1, 0.15) is 0 Å². The SMILES string of the molecule is CC(C)NC1CCN(C)CC1C. The molecule has 0 spiro atoms. The molecule has 1 rings (SSSR count). The summed E-state index contributed by atoms with van der Waals surface area (Å²) in [6.45, 7) is 9.28. The van der Waals surface area contributed by atoms with Crippen molar-refractivity contribution in [3.05, 3.63) is 0 Å². The first-order chi connectivity index (χ1) is 5.59. The van der Waals surface area contributed by atoms with E-state index in [1.165, 1.54) is 19.5 Å². The van der Waals surface area contributed by atoms with Gasteiger partial charge in [-0.25, -0.2) is 0 Å². The van der Waals surface area contributed by atoms with Gasteiger partial charge in [0.25, 0.3) is 0 Å². The highest BCUT2D eigenvalue weighted by Gasteiger charge is 2.23. The van der Waals surface area contributed by atoms with E-state index in [2.05, 4.69) is 38.0 Å². The second kappa shape index (κ2) is 4.24. The second-order valence-corrected chi connectivity index (χ2v) is 4.46. The zero-order valence-electron chi connectivity index (χ0n) is 8.80. The van der Waals surface area contributed by atoms with Crippen LogP contribution in [0.5, 0.6) is 0 Å². The monoisotopic (exact) mass is 170 g/mol. The molecule has 0 radical (unpaired) electrons. The summed E-state index contributed by atoms with van der Waals surface area (Å²) in [6.07, 6.45) is 1.30. The molecule has 0 amide bonds. The lowest BCUT2D eigenvalue weighted by molar-refractivity contribution is 0.169. The van der Waals surface area contributed by atoms with Crippen LogP contribution in [0.15, 0.2) is 0 Å². The summed E-state index contributed by atoms with van der Waals surface area (Å²) >= 11 is 0. The zero-order valence-corrected chi connectivity index (χ0v) is 8.80. The van der Waals surface area contributed by atoms with Crippen LogP contribution in [0.25, 0.3) is 0 Å². The molecule has 2 unspecified atom stereocenters. The summed E-state index contributed by atoms with van der Waals surface area (Å²) in [5.74, 6) is 0.797. The fraction of sp³-hybridized carbons (Fsp3) is 1.00. The average molecular weight is 170 g/mol. The minimum Gasteiger partial charge on any atom is -0.311 e. The Bertz CT molecular complexity index is 134. The Labute approximate surface area is 76.3 Å². The molecular formula is C10H22N2. The molecule has 0 bridgehead atoms. The van der Waals surface area contributed by atoms with Crippen LogP contribution in [0.2, 0.25) is 0 Å². The lowest BCUT2D eigenvalue weighted by Gasteiger charge is -2.36. The molecule has 1 saturated heterocycles. The highest BCUT2D eigenvalue weighted by atomic mass is 15.1. The highest BCUT2D eigenvalue weighted by molar-refractivity contribution is 4.82. The van der Waals surface area contributed by atoms with Crippen molar-refractivity contribution in [1.82, 2.24) is 10.2 Å². The molecule has 1 heterocycles. The lowest BCUT2D eigenvalue weighted by atomic mass is 9.94. The first kappa shape index (κ1) is 10.0. The van der Waals surface area contributed by atoms with Crippen molar-refractivity contribution in [1.29, 1.82) is 0 Å². The first-order valence-corrected chi connectivity index (χ1v) is 5.04. The molecule has 72 valence electrons. The molecule has 1 aliphatic heterocycles. The van der Waals surface area contributed by atoms with Crippen molar-refractivity contribution >= 4 is 0 Å². The number of nitrogens with zero attached hydrogens (tertiary/aromatic N) is 1. The Morgan fingerprint density at radius 2 is 2.08 bits per heavy atom. The molecule has 0 aromatic rings. The molecule has 0 aromatic carbocycles. The Hall–Kier alpha value is -0.0800. The molecule has 2 nitrogen and oxygen atoms in total. The zero-order chi connectivity index (χ0) is 9.14. The molecule has 0 aromatic heterocycles. The van der Waals surface area contributed by atoms with Crippen molar-refractivity contribution in [3.8, 4) is 0 Å². The van der Waals surface area contributed by atoms with E-state index in [0.29, 0.717) is 6.04 Å². The predicted molar refractivity (Wildman–Crippen MR) is 53.3 cm³/mol. The van der Waals surface area contributed by atoms with E-state index in [4.69, 9.17) is 0 Å². The topological polar surface area (TPSA) is 15.3 Å². The normalized spacial score (nSPS) is 32.8. The van der Waals surface area contributed by atoms with E-state index < -0.39 is 0 Å². The fourth-order valence-electron chi connectivity index (χ4n) is 2.03. The van der Waals surface area contributed by atoms with Gasteiger partial charge in [0, 0.05) is 18.6 Å². The molecule has 12 heavy (non-hydrogen) atoms. The van der Waals surface area contributed by atoms with Gasteiger partial charge < -0.3 is 10.2 Å². The smallest absolute Gasteiger partial charge is 0.0119 e. The summed E-state index contributed by atoms with van der Waals surface area (Å²) in [6, 6.07) is 1.36. The number of hydrogen-bond acceptors (Lipinski definition) is 2. The van der Waals surface area contributed by atoms with Crippen molar-refractivity contribution < 1.29 is 0 Å². The maximum atomic E-state index is 3.63. The van der Waals surface area contributed by atoms with E-state index in [0.717, 1.165) is 12.0 Å². The van der Waals surface area contributed by atoms with E-state index in [1.54, 1.807) is 0 Å². The van der Waals surface area contributed by atoms with Gasteiger partial charge in [-0.15, -0.1) is 0 Å². The van der Waals surface area contributed by atoms with Crippen molar-refractivity contribution in [3.63, 3.8) is 0 Å². The third kappa shape index (κ3) is 2.76. The van der Waals surface area contributed by atoms with Crippen LogP contribution < -0.4 is 5.32 Å². The van der Waals surface area contributed by atoms with Crippen LogP contribution in [0, 0.1) is 5.92 Å². The van der Waals surface area contributed by atoms with Gasteiger partial charge in [0.2, 0.25) is 0 Å². The summed E-state index contributed by atoms with van der Waals surface area (Å²) in [5, 5.41) is 3.63. The van der Waals surface area contributed by atoms with E-state index in [1.807, 2.05) is 0 Å². The van der Waals surface area contributed by atoms with Crippen LogP contribution in [0.4, 0.5) is 0 Å². The third-order valence-corrected chi connectivity index (χ3v) is 2.66. The molecule has 1 fully saturated rings. The van der Waals surface area contributed by atoms with Crippen LogP contribution >= 0.6 is 0 Å². The van der Waals surface area contributed by atoms with Gasteiger partial charge in [-0.2, -0.15) is 0 Å². The number of hydrogen-bond donors (Lipinski definition) is 1. The van der Waals surface area contributed by atoms with Crippen LogP contribution in [0.1, 0.15) is 27.2 Å². The second-order valence-electron chi connectivity index (χ2n) is 4.46. The standard InChI is InChI=1S/C10H22N2/c1-8(2)11-10-5-6-12(4)7-9(10)3/h8-11H,5-7H2,1-4H3. The van der Waals surface area contributed by atoms with Crippen LogP contribution in [-0.4, -0.2) is 37.1 Å². The Balaban J connectivity index is 2.34. The number of nitrogens with one attached hydrogen (secondary N) is 1. The molecule has 0 aliphatic carbocycles. The van der Waals surface area contributed by atoms with E-state index in [9.17, 15) is 0 Å². The van der Waals surface area contributed by atoms with Crippen molar-refractivity contribution in [2.24, 2.45) is 5.92 Å². The van der Waals surface area contributed by atoms with Gasteiger partial charge in [0.05, 0.1) is 0 Å². The highest BCUT2D eigenvalue weighted by Crippen LogP contribution is 2.15. The minimum absolute atomic E-state index is 0.626. The molecular weight excluding hydrogens is 148 g/mol. The summed E-state index contributed by atoms with van der Waals surface area (Å²) in [5.41, 5.74) is 0. The average Bonchev–Trinajstić information content (AvgIpc) is 1.94. The van der Waals surface area contributed by atoms with Gasteiger partial charge in [-0.05, 0) is 25.9 Å². The minimum atomic E-state index is 0.626. The predicted octanol–water partition coefficient (Wildman–Crippen LogP) is 1.32. The maximum Gasteiger partial charge on any atom is 0.0119 e. The van der Waals surface area contributed by atoms with Gasteiger partial charge in [-0.3, -0.25) is 0 Å². The number of likely N-dealkylation sites (tertiary alicyclic amines) is 1. The van der Waals surface area contributed by atoms with Crippen LogP contribution in [0.3, 0.4) is 0 Å². The van der Waals surface area contributed by atoms with Gasteiger partial charge in [0.15, 0.2) is 0 Å². The third-order valence-electron chi connectivity index (χ3n) is 2.66. The number of rotatable bonds is 2. The maximum absolute atomic E-state index is 3.63. The molecule has 2 heteroatoms. The Kier molecular flexibility index (Phi) is 3.53. The quantitative estimate of drug-likeness (QED) is 0.672. The Morgan fingerprint density at radius 3 is 2.58 bits per heavy atom. The van der Waals surface area contributed by atoms with Crippen LogP contribution in [-0.2, 0) is 0 Å². The summed E-state index contributed by atoms with van der Waals surface area (Å²) in [7, 11) is 2.21. The van der Waals surface area contributed by atoms with Gasteiger partial charge in [-0.1, -0.05) is 20.8 Å². The first-order valence-electron chi connectivity index (χ1n) is 5.04.